The molecule has 1 aromatic carbocycles. The third kappa shape index (κ3) is 4.99. The number of sulfonamides is 1. The fourth-order valence-electron chi connectivity index (χ4n) is 4.06. The Morgan fingerprint density at radius 2 is 1.75 bits per heavy atom. The number of amides is 1. The predicted molar refractivity (Wildman–Crippen MR) is 109 cm³/mol. The van der Waals surface area contributed by atoms with Crippen molar-refractivity contribution in [3.05, 3.63) is 23.2 Å². The summed E-state index contributed by atoms with van der Waals surface area (Å²) >= 11 is 6.08. The Hall–Kier alpha value is -1.31. The fourth-order valence-corrected chi connectivity index (χ4v) is 5.88. The fraction of sp³-hybridized carbons (Fsp3) is 0.650. The van der Waals surface area contributed by atoms with Gasteiger partial charge in [-0.15, -0.1) is 0 Å². The second kappa shape index (κ2) is 9.46. The van der Waals surface area contributed by atoms with E-state index in [1.807, 2.05) is 0 Å². The number of methoxy groups -OCH3 is 1. The van der Waals surface area contributed by atoms with Gasteiger partial charge in [0, 0.05) is 25.0 Å². The number of rotatable bonds is 5. The minimum atomic E-state index is -3.63. The molecule has 0 spiro atoms. The maximum Gasteiger partial charge on any atom is 0.243 e. The summed E-state index contributed by atoms with van der Waals surface area (Å²) in [5.74, 6) is 0.403. The van der Waals surface area contributed by atoms with Crippen molar-refractivity contribution in [2.24, 2.45) is 5.92 Å². The second-order valence-electron chi connectivity index (χ2n) is 7.67. The summed E-state index contributed by atoms with van der Waals surface area (Å²) in [4.78, 5) is 12.8. The number of carbonyl (C=O) groups is 1. The van der Waals surface area contributed by atoms with Gasteiger partial charge in [-0.3, -0.25) is 4.79 Å². The molecule has 1 aromatic rings. The third-order valence-corrected chi connectivity index (χ3v) is 7.98. The van der Waals surface area contributed by atoms with Gasteiger partial charge in [-0.2, -0.15) is 4.31 Å². The van der Waals surface area contributed by atoms with Gasteiger partial charge in [0.1, 0.15) is 5.75 Å². The molecule has 3 rings (SSSR count). The van der Waals surface area contributed by atoms with Gasteiger partial charge in [-0.1, -0.05) is 37.3 Å². The zero-order valence-corrected chi connectivity index (χ0v) is 17.9. The number of ether oxygens (including phenoxy) is 1. The zero-order valence-electron chi connectivity index (χ0n) is 16.3. The number of carbonyl (C=O) groups excluding carboxylic acids is 1. The highest BCUT2D eigenvalue weighted by atomic mass is 35.5. The maximum atomic E-state index is 12.9. The summed E-state index contributed by atoms with van der Waals surface area (Å²) in [5, 5.41) is 3.46. The Balaban J connectivity index is 1.58. The lowest BCUT2D eigenvalue weighted by atomic mass is 9.96. The molecule has 28 heavy (non-hydrogen) atoms. The maximum absolute atomic E-state index is 12.9. The van der Waals surface area contributed by atoms with Crippen LogP contribution in [0.25, 0.3) is 0 Å². The summed E-state index contributed by atoms with van der Waals surface area (Å²) in [6, 6.07) is 4.76. The Bertz CT molecular complexity index is 783. The summed E-state index contributed by atoms with van der Waals surface area (Å²) in [7, 11) is -2.14. The number of nitrogens with zero attached hydrogens (tertiary/aromatic N) is 1. The van der Waals surface area contributed by atoms with Crippen molar-refractivity contribution < 1.29 is 17.9 Å². The van der Waals surface area contributed by atoms with Crippen molar-refractivity contribution in [1.29, 1.82) is 0 Å². The van der Waals surface area contributed by atoms with E-state index in [4.69, 9.17) is 16.3 Å². The largest absolute Gasteiger partial charge is 0.495 e. The number of halogens is 1. The van der Waals surface area contributed by atoms with Crippen LogP contribution in [0.4, 0.5) is 0 Å². The van der Waals surface area contributed by atoms with Crippen molar-refractivity contribution in [3.63, 3.8) is 0 Å². The summed E-state index contributed by atoms with van der Waals surface area (Å²) in [6.07, 6.45) is 8.03. The molecule has 0 atom stereocenters. The quantitative estimate of drug-likeness (QED) is 0.727. The Morgan fingerprint density at radius 3 is 2.32 bits per heavy atom. The molecular weight excluding hydrogens is 400 g/mol. The highest BCUT2D eigenvalue weighted by molar-refractivity contribution is 7.89. The molecule has 1 amide bonds. The number of hydrogen-bond acceptors (Lipinski definition) is 4. The summed E-state index contributed by atoms with van der Waals surface area (Å²) in [5.41, 5.74) is 0. The molecule has 2 aliphatic rings. The van der Waals surface area contributed by atoms with E-state index in [-0.39, 0.29) is 27.8 Å². The van der Waals surface area contributed by atoms with E-state index < -0.39 is 10.0 Å². The highest BCUT2D eigenvalue weighted by Crippen LogP contribution is 2.30. The standard InChI is InChI=1S/C20H29ClN2O4S/c1-27-19-9-8-17(14-18(19)21)28(25,26)23-12-10-15(11-13-23)20(24)22-16-6-4-2-3-5-7-16/h8-9,14-16H,2-7,10-13H2,1H3,(H,22,24). The number of nitrogens with one attached hydrogen (secondary N) is 1. The monoisotopic (exact) mass is 428 g/mol. The number of hydrogen-bond donors (Lipinski definition) is 1. The van der Waals surface area contributed by atoms with Gasteiger partial charge >= 0.3 is 0 Å². The molecule has 8 heteroatoms. The molecule has 1 heterocycles. The highest BCUT2D eigenvalue weighted by Gasteiger charge is 2.33. The first-order chi connectivity index (χ1) is 13.4. The molecule has 0 aromatic heterocycles. The van der Waals surface area contributed by atoms with Gasteiger partial charge < -0.3 is 10.1 Å². The van der Waals surface area contributed by atoms with E-state index in [2.05, 4.69) is 5.32 Å². The van der Waals surface area contributed by atoms with Crippen molar-refractivity contribution in [3.8, 4) is 5.75 Å². The average molecular weight is 429 g/mol. The SMILES string of the molecule is COc1ccc(S(=O)(=O)N2CCC(C(=O)NC3CCCCCC3)CC2)cc1Cl. The van der Waals surface area contributed by atoms with Crippen molar-refractivity contribution >= 4 is 27.5 Å². The Labute approximate surface area is 172 Å². The van der Waals surface area contributed by atoms with E-state index in [1.54, 1.807) is 6.07 Å². The molecule has 0 unspecified atom stereocenters. The summed E-state index contributed by atoms with van der Waals surface area (Å²) in [6.45, 7) is 0.684. The van der Waals surface area contributed by atoms with Gasteiger partial charge in [0.25, 0.3) is 0 Å². The van der Waals surface area contributed by atoms with E-state index in [0.29, 0.717) is 31.7 Å². The Kier molecular flexibility index (Phi) is 7.23. The molecule has 0 radical (unpaired) electrons. The molecule has 1 aliphatic heterocycles. The molecule has 1 saturated carbocycles. The Morgan fingerprint density at radius 1 is 1.11 bits per heavy atom. The van der Waals surface area contributed by atoms with Crippen LogP contribution >= 0.6 is 11.6 Å². The molecule has 156 valence electrons. The smallest absolute Gasteiger partial charge is 0.243 e. The average Bonchev–Trinajstić information content (AvgIpc) is 2.96. The van der Waals surface area contributed by atoms with Crippen molar-refractivity contribution in [1.82, 2.24) is 9.62 Å². The van der Waals surface area contributed by atoms with Crippen LogP contribution in [0.1, 0.15) is 51.4 Å². The normalized spacial score (nSPS) is 20.5. The van der Waals surface area contributed by atoms with Crippen LogP contribution in [0.15, 0.2) is 23.1 Å². The van der Waals surface area contributed by atoms with E-state index >= 15 is 0 Å². The lowest BCUT2D eigenvalue weighted by molar-refractivity contribution is -0.126. The topological polar surface area (TPSA) is 75.7 Å². The van der Waals surface area contributed by atoms with Crippen molar-refractivity contribution in [2.75, 3.05) is 20.2 Å². The molecule has 0 bridgehead atoms. The predicted octanol–water partition coefficient (Wildman–Crippen LogP) is 3.59. The summed E-state index contributed by atoms with van der Waals surface area (Å²) < 4.78 is 32.3. The van der Waals surface area contributed by atoms with Crippen LogP contribution in [0.5, 0.6) is 5.75 Å². The van der Waals surface area contributed by atoms with Crippen LogP contribution in [-0.4, -0.2) is 44.9 Å². The minimum Gasteiger partial charge on any atom is -0.495 e. The van der Waals surface area contributed by atoms with Gasteiger partial charge in [-0.05, 0) is 43.9 Å². The molecule has 1 aliphatic carbocycles. The molecule has 2 fully saturated rings. The lowest BCUT2D eigenvalue weighted by Crippen LogP contribution is -2.45. The number of piperidine rings is 1. The van der Waals surface area contributed by atoms with Crippen LogP contribution in [0.3, 0.4) is 0 Å². The first-order valence-corrected chi connectivity index (χ1v) is 11.9. The van der Waals surface area contributed by atoms with Gasteiger partial charge in [0.15, 0.2) is 0 Å². The molecular formula is C20H29ClN2O4S. The van der Waals surface area contributed by atoms with E-state index in [1.165, 1.54) is 49.2 Å². The van der Waals surface area contributed by atoms with Crippen LogP contribution < -0.4 is 10.1 Å². The molecule has 1 N–H and O–H groups in total. The number of benzene rings is 1. The van der Waals surface area contributed by atoms with E-state index in [9.17, 15) is 13.2 Å². The lowest BCUT2D eigenvalue weighted by Gasteiger charge is -2.31. The first-order valence-electron chi connectivity index (χ1n) is 10.1. The van der Waals surface area contributed by atoms with Crippen molar-refractivity contribution in [2.45, 2.75) is 62.3 Å². The molecule has 1 saturated heterocycles. The van der Waals surface area contributed by atoms with Gasteiger partial charge in [0.2, 0.25) is 15.9 Å². The van der Waals surface area contributed by atoms with Gasteiger partial charge in [-0.25, -0.2) is 8.42 Å². The zero-order chi connectivity index (χ0) is 20.1. The second-order valence-corrected chi connectivity index (χ2v) is 10.0. The first kappa shape index (κ1) is 21.4. The van der Waals surface area contributed by atoms with E-state index in [0.717, 1.165) is 12.8 Å². The third-order valence-electron chi connectivity index (χ3n) is 5.79. The van der Waals surface area contributed by atoms with Crippen LogP contribution in [0, 0.1) is 5.92 Å². The van der Waals surface area contributed by atoms with Crippen LogP contribution in [-0.2, 0) is 14.8 Å². The van der Waals surface area contributed by atoms with Gasteiger partial charge in [0.05, 0.1) is 17.0 Å². The molecule has 6 nitrogen and oxygen atoms in total. The minimum absolute atomic E-state index is 0.0800. The van der Waals surface area contributed by atoms with Crippen LogP contribution in [0.2, 0.25) is 5.02 Å².